The number of benzene rings is 3. The second-order valence-corrected chi connectivity index (χ2v) is 14.2. The van der Waals surface area contributed by atoms with Crippen LogP contribution in [0.2, 0.25) is 0 Å². The largest absolute Gasteiger partial charge is 0.504 e. The van der Waals surface area contributed by atoms with Gasteiger partial charge in [0.05, 0.1) is 38.9 Å². The summed E-state index contributed by atoms with van der Waals surface area (Å²) in [6.45, 7) is 0. The first-order valence-electron chi connectivity index (χ1n) is 16.0. The zero-order valence-corrected chi connectivity index (χ0v) is 29.2. The molecule has 50 heavy (non-hydrogen) atoms. The van der Waals surface area contributed by atoms with Gasteiger partial charge in [-0.05, 0) is 72.4 Å². The number of anilines is 1. The number of carbonyl (C=O) groups excluding carboxylic acids is 4. The van der Waals surface area contributed by atoms with Gasteiger partial charge in [-0.2, -0.15) is 0 Å². The molecule has 1 saturated carbocycles. The van der Waals surface area contributed by atoms with Crippen molar-refractivity contribution in [3.8, 4) is 23.0 Å². The highest BCUT2D eigenvalue weighted by molar-refractivity contribution is 6.53. The number of nitrogens with zero attached hydrogens (tertiary/aromatic N) is 2. The van der Waals surface area contributed by atoms with Gasteiger partial charge in [-0.25, -0.2) is 0 Å². The van der Waals surface area contributed by atoms with Crippen LogP contribution in [0.15, 0.2) is 72.3 Å². The molecular weight excluding hydrogens is 683 g/mol. The van der Waals surface area contributed by atoms with Gasteiger partial charge in [-0.1, -0.05) is 42.0 Å². The second kappa shape index (κ2) is 12.2. The van der Waals surface area contributed by atoms with Gasteiger partial charge in [0.25, 0.3) is 11.8 Å². The van der Waals surface area contributed by atoms with Gasteiger partial charge in [0.2, 0.25) is 11.8 Å². The number of alkyl halides is 2. The fraction of sp³-hybridized carbons (Fsp3) is 0.316. The lowest BCUT2D eigenvalue weighted by atomic mass is 9.56. The van der Waals surface area contributed by atoms with Gasteiger partial charge in [-0.15, -0.1) is 23.2 Å². The zero-order chi connectivity index (χ0) is 35.7. The molecule has 2 saturated heterocycles. The molecule has 6 atom stereocenters. The Hall–Kier alpha value is -4.80. The minimum Gasteiger partial charge on any atom is -0.504 e. The molecule has 1 N–H and O–H groups in total. The number of allylic oxidation sites excluding steroid dienone is 2. The van der Waals surface area contributed by atoms with E-state index in [0.29, 0.717) is 28.3 Å². The number of halogens is 2. The van der Waals surface area contributed by atoms with Crippen LogP contribution in [-0.2, 0) is 19.2 Å². The number of imide groups is 2. The van der Waals surface area contributed by atoms with Crippen LogP contribution < -0.4 is 19.1 Å². The number of methoxy groups -OCH3 is 3. The maximum atomic E-state index is 14.3. The van der Waals surface area contributed by atoms with Crippen molar-refractivity contribution in [3.05, 3.63) is 89.0 Å². The fourth-order valence-electron chi connectivity index (χ4n) is 8.15. The number of fused-ring (bicyclic) bond motifs is 4. The third-order valence-corrected chi connectivity index (χ3v) is 12.0. The molecule has 0 radical (unpaired) electrons. The zero-order valence-electron chi connectivity index (χ0n) is 27.7. The lowest BCUT2D eigenvalue weighted by molar-refractivity contribution is -0.138. The normalized spacial score (nSPS) is 28.8. The third-order valence-electron chi connectivity index (χ3n) is 10.6. The van der Waals surface area contributed by atoms with E-state index in [1.807, 2.05) is 48.6 Å². The molecule has 4 amide bonds. The predicted molar refractivity (Wildman–Crippen MR) is 188 cm³/mol. The molecule has 0 spiro atoms. The van der Waals surface area contributed by atoms with Crippen molar-refractivity contribution >= 4 is 64.7 Å². The van der Waals surface area contributed by atoms with E-state index in [1.165, 1.54) is 25.1 Å². The summed E-state index contributed by atoms with van der Waals surface area (Å²) < 4.78 is 16.0. The smallest absolute Gasteiger partial charge is 0.253 e. The molecule has 0 unspecified atom stereocenters. The maximum absolute atomic E-state index is 14.3. The monoisotopic (exact) mass is 716 g/mol. The Bertz CT molecular complexity index is 2010. The molecule has 7 rings (SSSR count). The van der Waals surface area contributed by atoms with E-state index < -0.39 is 51.1 Å². The van der Waals surface area contributed by atoms with E-state index in [2.05, 4.69) is 0 Å². The van der Waals surface area contributed by atoms with Crippen LogP contribution >= 0.6 is 23.2 Å². The highest BCUT2D eigenvalue weighted by Crippen LogP contribution is 2.65. The number of amides is 4. The summed E-state index contributed by atoms with van der Waals surface area (Å²) in [6.07, 6.45) is 5.73. The van der Waals surface area contributed by atoms with Gasteiger partial charge in [0.1, 0.15) is 11.5 Å². The molecule has 2 heterocycles. The van der Waals surface area contributed by atoms with Crippen LogP contribution in [0.4, 0.5) is 5.69 Å². The predicted octanol–water partition coefficient (Wildman–Crippen LogP) is 5.78. The number of phenols is 1. The van der Waals surface area contributed by atoms with Gasteiger partial charge >= 0.3 is 0 Å². The van der Waals surface area contributed by atoms with Crippen molar-refractivity contribution in [2.45, 2.75) is 28.5 Å². The highest BCUT2D eigenvalue weighted by Gasteiger charge is 2.75. The molecule has 3 aromatic carbocycles. The average Bonchev–Trinajstić information content (AvgIpc) is 3.45. The Morgan fingerprint density at radius 2 is 1.52 bits per heavy atom. The van der Waals surface area contributed by atoms with Crippen LogP contribution in [-0.4, -0.2) is 71.8 Å². The van der Waals surface area contributed by atoms with E-state index in [1.54, 1.807) is 38.5 Å². The van der Waals surface area contributed by atoms with Crippen molar-refractivity contribution in [2.75, 3.05) is 33.3 Å². The minimum absolute atomic E-state index is 0.122. The number of ether oxygens (including phenoxy) is 3. The van der Waals surface area contributed by atoms with Crippen LogP contribution in [0, 0.1) is 17.8 Å². The van der Waals surface area contributed by atoms with E-state index in [9.17, 15) is 24.3 Å². The van der Waals surface area contributed by atoms with Crippen LogP contribution in [0.1, 0.15) is 35.4 Å². The maximum Gasteiger partial charge on any atom is 0.253 e. The SMILES string of the molecule is COc1ccc(OC)c(C=Cc2ccc(N3C(=O)[C@H]4[C@H](CC=C5[C@H]4C[C@@]4(Cl)C(=O)N(C)C(=O)[C@@]4(Cl)[C@H]5c4ccc(OC)c(O)c4)C3=O)cc2)c1. The number of hydrogen-bond acceptors (Lipinski definition) is 8. The molecule has 10 nitrogen and oxygen atoms in total. The number of hydrogen-bond donors (Lipinski definition) is 1. The summed E-state index contributed by atoms with van der Waals surface area (Å²) in [4.78, 5) is 54.0. The van der Waals surface area contributed by atoms with Crippen LogP contribution in [0.5, 0.6) is 23.0 Å². The first kappa shape index (κ1) is 33.7. The van der Waals surface area contributed by atoms with Crippen molar-refractivity contribution < 1.29 is 38.5 Å². The summed E-state index contributed by atoms with van der Waals surface area (Å²) in [6, 6.07) is 17.2. The number of likely N-dealkylation sites (tertiary alicyclic amines) is 1. The molecule has 4 aliphatic rings. The van der Waals surface area contributed by atoms with E-state index in [4.69, 9.17) is 37.4 Å². The highest BCUT2D eigenvalue weighted by atomic mass is 35.5. The summed E-state index contributed by atoms with van der Waals surface area (Å²) >= 11 is 14.4. The van der Waals surface area contributed by atoms with Crippen molar-refractivity contribution in [2.24, 2.45) is 17.8 Å². The molecule has 0 bridgehead atoms. The summed E-state index contributed by atoms with van der Waals surface area (Å²) in [5, 5.41) is 10.7. The van der Waals surface area contributed by atoms with Crippen LogP contribution in [0.3, 0.4) is 0 Å². The third kappa shape index (κ3) is 4.75. The fourth-order valence-corrected chi connectivity index (χ4v) is 9.17. The topological polar surface area (TPSA) is 123 Å². The Labute approximate surface area is 298 Å². The van der Waals surface area contributed by atoms with Crippen molar-refractivity contribution in [1.82, 2.24) is 4.90 Å². The number of rotatable bonds is 7. The molecule has 258 valence electrons. The van der Waals surface area contributed by atoms with Crippen molar-refractivity contribution in [1.29, 1.82) is 0 Å². The second-order valence-electron chi connectivity index (χ2n) is 13.0. The van der Waals surface area contributed by atoms with E-state index >= 15 is 0 Å². The Balaban J connectivity index is 1.23. The number of aromatic hydroxyl groups is 1. The first-order chi connectivity index (χ1) is 23.9. The molecule has 2 aliphatic carbocycles. The molecule has 2 aliphatic heterocycles. The van der Waals surface area contributed by atoms with Gasteiger partial charge < -0.3 is 19.3 Å². The summed E-state index contributed by atoms with van der Waals surface area (Å²) in [5.41, 5.74) is 3.12. The summed E-state index contributed by atoms with van der Waals surface area (Å²) in [5.74, 6) is -3.94. The molecule has 12 heteroatoms. The Kier molecular flexibility index (Phi) is 8.22. The van der Waals surface area contributed by atoms with Crippen molar-refractivity contribution in [3.63, 3.8) is 0 Å². The average molecular weight is 718 g/mol. The molecule has 3 fully saturated rings. The van der Waals surface area contributed by atoms with Gasteiger partial charge in [-0.3, -0.25) is 29.0 Å². The molecule has 3 aromatic rings. The molecular formula is C38H34Cl2N2O8. The summed E-state index contributed by atoms with van der Waals surface area (Å²) in [7, 11) is 5.93. The quantitative estimate of drug-likeness (QED) is 0.141. The Morgan fingerprint density at radius 3 is 2.18 bits per heavy atom. The van der Waals surface area contributed by atoms with Gasteiger partial charge in [0.15, 0.2) is 21.2 Å². The standard InChI is InChI=1S/C38H34Cl2N2O8/c1-41-35(46)37(39)19-27-25(32(38(37,40)36(41)47)22-9-15-30(50-4)28(43)18-22)13-14-26-31(27)34(45)42(33(26)44)23-10-6-20(7-11-23)5-8-21-17-24(48-2)12-16-29(21)49-3/h5-13,15-18,26-27,31-32,43H,14,19H2,1-4H3/t26-,27+,31-,32-,37+,38-/m0/s1. The first-order valence-corrected chi connectivity index (χ1v) is 16.8. The van der Waals surface area contributed by atoms with Crippen LogP contribution in [0.25, 0.3) is 12.2 Å². The Morgan fingerprint density at radius 1 is 0.820 bits per heavy atom. The van der Waals surface area contributed by atoms with Gasteiger partial charge in [0, 0.05) is 18.5 Å². The molecule has 0 aromatic heterocycles. The number of carbonyl (C=O) groups is 4. The van der Waals surface area contributed by atoms with E-state index in [-0.39, 0.29) is 30.2 Å². The lowest BCUT2D eigenvalue weighted by Gasteiger charge is -2.50. The van der Waals surface area contributed by atoms with E-state index in [0.717, 1.165) is 16.0 Å². The lowest BCUT2D eigenvalue weighted by Crippen LogP contribution is -2.60. The number of phenolic OH excluding ortho intramolecular Hbond substituents is 1. The minimum atomic E-state index is -1.94.